The van der Waals surface area contributed by atoms with Crippen LogP contribution in [0.15, 0.2) is 66.7 Å². The molecule has 4 rings (SSSR count). The molecule has 0 saturated carbocycles. The summed E-state index contributed by atoms with van der Waals surface area (Å²) in [6.07, 6.45) is -0.669. The van der Waals surface area contributed by atoms with Crippen LogP contribution in [0.25, 0.3) is 0 Å². The van der Waals surface area contributed by atoms with E-state index in [1.54, 1.807) is 61.5 Å². The largest absolute Gasteiger partial charge is 0.478 e. The molecular weight excluding hydrogens is 392 g/mol. The second-order valence-electron chi connectivity index (χ2n) is 6.44. The van der Waals surface area contributed by atoms with Gasteiger partial charge in [0.15, 0.2) is 11.9 Å². The van der Waals surface area contributed by atoms with E-state index >= 15 is 0 Å². The SMILES string of the molecule is CC1Oc2c(cccc2C(=O)Nc2ccc(Oc3ccccc3Cl)cc2)NC1=O. The van der Waals surface area contributed by atoms with E-state index in [2.05, 4.69) is 10.6 Å². The number of nitrogens with one attached hydrogen (secondary N) is 2. The predicted octanol–water partition coefficient (Wildman–Crippen LogP) is 5.10. The number of carbonyl (C=O) groups is 2. The van der Waals surface area contributed by atoms with Crippen LogP contribution in [0.1, 0.15) is 17.3 Å². The predicted molar refractivity (Wildman–Crippen MR) is 111 cm³/mol. The first-order valence-electron chi connectivity index (χ1n) is 8.95. The molecule has 2 N–H and O–H groups in total. The molecule has 2 amide bonds. The third-order valence-corrected chi connectivity index (χ3v) is 4.67. The summed E-state index contributed by atoms with van der Waals surface area (Å²) in [5.41, 5.74) is 1.40. The van der Waals surface area contributed by atoms with E-state index in [0.29, 0.717) is 39.2 Å². The molecule has 29 heavy (non-hydrogen) atoms. The van der Waals surface area contributed by atoms with Gasteiger partial charge >= 0.3 is 0 Å². The number of carbonyl (C=O) groups excluding carboxylic acids is 2. The number of ether oxygens (including phenoxy) is 2. The number of fused-ring (bicyclic) bond motifs is 1. The minimum absolute atomic E-state index is 0.246. The molecular formula is C22H17ClN2O4. The van der Waals surface area contributed by atoms with Gasteiger partial charge in [0.2, 0.25) is 0 Å². The molecule has 1 aliphatic heterocycles. The molecule has 0 fully saturated rings. The molecule has 1 atom stereocenters. The molecule has 1 heterocycles. The summed E-state index contributed by atoms with van der Waals surface area (Å²) in [6.45, 7) is 1.63. The van der Waals surface area contributed by atoms with Crippen LogP contribution in [-0.2, 0) is 4.79 Å². The van der Waals surface area contributed by atoms with Gasteiger partial charge in [-0.1, -0.05) is 29.8 Å². The standard InChI is InChI=1S/C22H17ClN2O4/c1-13-21(26)25-18-7-4-5-16(20(18)28-13)22(27)24-14-9-11-15(12-10-14)29-19-8-3-2-6-17(19)23/h2-13H,1H3,(H,24,27)(H,25,26). The van der Waals surface area contributed by atoms with Crippen molar-refractivity contribution in [2.75, 3.05) is 10.6 Å². The highest BCUT2D eigenvalue weighted by Crippen LogP contribution is 2.34. The van der Waals surface area contributed by atoms with E-state index in [-0.39, 0.29) is 11.8 Å². The number of anilines is 2. The third-order valence-electron chi connectivity index (χ3n) is 4.36. The van der Waals surface area contributed by atoms with Crippen molar-refractivity contribution in [3.05, 3.63) is 77.3 Å². The quantitative estimate of drug-likeness (QED) is 0.629. The van der Waals surface area contributed by atoms with E-state index in [9.17, 15) is 9.59 Å². The summed E-state index contributed by atoms with van der Waals surface area (Å²) in [4.78, 5) is 24.5. The van der Waals surface area contributed by atoms with Crippen LogP contribution < -0.4 is 20.1 Å². The highest BCUT2D eigenvalue weighted by atomic mass is 35.5. The van der Waals surface area contributed by atoms with Crippen molar-refractivity contribution in [2.45, 2.75) is 13.0 Å². The zero-order chi connectivity index (χ0) is 20.4. The van der Waals surface area contributed by atoms with E-state index in [4.69, 9.17) is 21.1 Å². The Hall–Kier alpha value is -3.51. The van der Waals surface area contributed by atoms with Crippen molar-refractivity contribution in [2.24, 2.45) is 0 Å². The minimum Gasteiger partial charge on any atom is -0.478 e. The monoisotopic (exact) mass is 408 g/mol. The first kappa shape index (κ1) is 18.8. The number of para-hydroxylation sites is 2. The van der Waals surface area contributed by atoms with Crippen LogP contribution >= 0.6 is 11.6 Å². The fraction of sp³-hybridized carbons (Fsp3) is 0.0909. The van der Waals surface area contributed by atoms with Gasteiger partial charge in [0.1, 0.15) is 11.5 Å². The normalized spacial score (nSPS) is 15.0. The van der Waals surface area contributed by atoms with Gasteiger partial charge in [-0.05, 0) is 55.5 Å². The molecule has 0 spiro atoms. The van der Waals surface area contributed by atoms with Gasteiger partial charge in [0.25, 0.3) is 11.8 Å². The maximum atomic E-state index is 12.7. The second kappa shape index (κ2) is 7.85. The summed E-state index contributed by atoms with van der Waals surface area (Å²) in [7, 11) is 0. The Morgan fingerprint density at radius 3 is 2.59 bits per heavy atom. The molecule has 0 aromatic heterocycles. The fourth-order valence-corrected chi connectivity index (χ4v) is 3.04. The molecule has 0 saturated heterocycles. The van der Waals surface area contributed by atoms with Gasteiger partial charge in [0, 0.05) is 5.69 Å². The molecule has 0 radical (unpaired) electrons. The zero-order valence-electron chi connectivity index (χ0n) is 15.4. The Labute approximate surface area is 172 Å². The highest BCUT2D eigenvalue weighted by Gasteiger charge is 2.27. The minimum atomic E-state index is -0.669. The average Bonchev–Trinajstić information content (AvgIpc) is 2.71. The van der Waals surface area contributed by atoms with Gasteiger partial charge in [-0.3, -0.25) is 9.59 Å². The van der Waals surface area contributed by atoms with E-state index in [1.807, 2.05) is 12.1 Å². The lowest BCUT2D eigenvalue weighted by Gasteiger charge is -2.25. The summed E-state index contributed by atoms with van der Waals surface area (Å²) in [5, 5.41) is 6.07. The third kappa shape index (κ3) is 4.02. The maximum Gasteiger partial charge on any atom is 0.265 e. The van der Waals surface area contributed by atoms with Crippen LogP contribution in [0, 0.1) is 0 Å². The molecule has 7 heteroatoms. The van der Waals surface area contributed by atoms with Gasteiger partial charge in [-0.25, -0.2) is 0 Å². The fourth-order valence-electron chi connectivity index (χ4n) is 2.87. The second-order valence-corrected chi connectivity index (χ2v) is 6.85. The van der Waals surface area contributed by atoms with Crippen molar-refractivity contribution >= 4 is 34.8 Å². The molecule has 1 aliphatic rings. The number of amides is 2. The molecule has 0 aliphatic carbocycles. The van der Waals surface area contributed by atoms with Crippen LogP contribution in [0.2, 0.25) is 5.02 Å². The van der Waals surface area contributed by atoms with E-state index in [1.165, 1.54) is 0 Å². The highest BCUT2D eigenvalue weighted by molar-refractivity contribution is 6.32. The first-order valence-corrected chi connectivity index (χ1v) is 9.33. The summed E-state index contributed by atoms with van der Waals surface area (Å²) >= 11 is 6.10. The number of hydrogen-bond acceptors (Lipinski definition) is 4. The summed E-state index contributed by atoms with van der Waals surface area (Å²) in [6, 6.07) is 19.1. The van der Waals surface area contributed by atoms with E-state index < -0.39 is 6.10 Å². The summed E-state index contributed by atoms with van der Waals surface area (Å²) < 4.78 is 11.4. The van der Waals surface area contributed by atoms with Crippen molar-refractivity contribution in [3.8, 4) is 17.2 Å². The Kier molecular flexibility index (Phi) is 5.10. The lowest BCUT2D eigenvalue weighted by Crippen LogP contribution is -2.35. The van der Waals surface area contributed by atoms with Gasteiger partial charge in [-0.2, -0.15) is 0 Å². The molecule has 6 nitrogen and oxygen atoms in total. The Morgan fingerprint density at radius 2 is 1.83 bits per heavy atom. The van der Waals surface area contributed by atoms with Crippen LogP contribution in [0.5, 0.6) is 17.2 Å². The lowest BCUT2D eigenvalue weighted by atomic mass is 10.1. The van der Waals surface area contributed by atoms with Crippen molar-refractivity contribution < 1.29 is 19.1 Å². The number of benzene rings is 3. The molecule has 3 aromatic carbocycles. The Morgan fingerprint density at radius 1 is 1.07 bits per heavy atom. The molecule has 146 valence electrons. The lowest BCUT2D eigenvalue weighted by molar-refractivity contribution is -0.122. The maximum absolute atomic E-state index is 12.7. The van der Waals surface area contributed by atoms with Gasteiger partial charge < -0.3 is 20.1 Å². The smallest absolute Gasteiger partial charge is 0.265 e. The van der Waals surface area contributed by atoms with Crippen molar-refractivity contribution in [1.29, 1.82) is 0 Å². The van der Waals surface area contributed by atoms with Gasteiger partial charge in [0.05, 0.1) is 16.3 Å². The average molecular weight is 409 g/mol. The van der Waals surface area contributed by atoms with Crippen LogP contribution in [0.4, 0.5) is 11.4 Å². The van der Waals surface area contributed by atoms with Gasteiger partial charge in [-0.15, -0.1) is 0 Å². The number of halogens is 1. The number of hydrogen-bond donors (Lipinski definition) is 2. The summed E-state index contributed by atoms with van der Waals surface area (Å²) in [5.74, 6) is 0.910. The zero-order valence-corrected chi connectivity index (χ0v) is 16.2. The Balaban J connectivity index is 1.49. The first-order chi connectivity index (χ1) is 14.0. The number of rotatable bonds is 4. The molecule has 1 unspecified atom stereocenters. The van der Waals surface area contributed by atoms with Crippen LogP contribution in [-0.4, -0.2) is 17.9 Å². The van der Waals surface area contributed by atoms with Crippen molar-refractivity contribution in [1.82, 2.24) is 0 Å². The molecule has 3 aromatic rings. The Bertz CT molecular complexity index is 1080. The topological polar surface area (TPSA) is 76.7 Å². The van der Waals surface area contributed by atoms with Crippen LogP contribution in [0.3, 0.4) is 0 Å². The van der Waals surface area contributed by atoms with Crippen molar-refractivity contribution in [3.63, 3.8) is 0 Å². The van der Waals surface area contributed by atoms with E-state index in [0.717, 1.165) is 0 Å². The molecule has 0 bridgehead atoms.